The monoisotopic (exact) mass is 421 g/mol. The van der Waals surface area contributed by atoms with Crippen LogP contribution in [0.25, 0.3) is 0 Å². The Morgan fingerprint density at radius 2 is 1.70 bits per heavy atom. The number of carbonyl (C=O) groups excluding carboxylic acids is 4. The van der Waals surface area contributed by atoms with Gasteiger partial charge in [0.2, 0.25) is 11.8 Å². The highest BCUT2D eigenvalue weighted by Gasteiger charge is 2.30. The van der Waals surface area contributed by atoms with Crippen LogP contribution < -0.4 is 10.6 Å². The topological polar surface area (TPSA) is 114 Å². The minimum Gasteiger partial charge on any atom is -0.468 e. The minimum atomic E-state index is -0.997. The first-order valence-corrected chi connectivity index (χ1v) is 9.50. The number of aryl methyl sites for hydroxylation is 2. The van der Waals surface area contributed by atoms with Gasteiger partial charge in [-0.3, -0.25) is 14.4 Å². The molecule has 3 amide bonds. The third kappa shape index (κ3) is 7.73. The maximum atomic E-state index is 12.8. The van der Waals surface area contributed by atoms with E-state index in [4.69, 9.17) is 4.74 Å². The first kappa shape index (κ1) is 24.9. The maximum Gasteiger partial charge on any atom is 0.408 e. The molecule has 0 spiro atoms. The summed E-state index contributed by atoms with van der Waals surface area (Å²) in [6.45, 7) is 8.21. The minimum absolute atomic E-state index is 0.324. The van der Waals surface area contributed by atoms with Crippen molar-refractivity contribution in [3.63, 3.8) is 0 Å². The fraction of sp³-hybridized carbons (Fsp3) is 0.524. The van der Waals surface area contributed by atoms with E-state index in [9.17, 15) is 19.2 Å². The highest BCUT2D eigenvalue weighted by molar-refractivity contribution is 5.91. The zero-order valence-electron chi connectivity index (χ0n) is 18.6. The molecule has 1 atom stereocenters. The van der Waals surface area contributed by atoms with E-state index in [0.717, 1.165) is 11.1 Å². The van der Waals surface area contributed by atoms with Gasteiger partial charge in [0.05, 0.1) is 7.11 Å². The van der Waals surface area contributed by atoms with Gasteiger partial charge in [-0.2, -0.15) is 0 Å². The van der Waals surface area contributed by atoms with E-state index in [1.165, 1.54) is 19.1 Å². The molecule has 0 aliphatic heterocycles. The SMILES string of the molecule is COC(=O)CNC(=O)C(c1ccc(C)cc1C)N(C)C(=O)CNC(=O)OC(C)(C)C. The van der Waals surface area contributed by atoms with E-state index in [2.05, 4.69) is 15.4 Å². The molecule has 9 nitrogen and oxygen atoms in total. The summed E-state index contributed by atoms with van der Waals surface area (Å²) in [5.41, 5.74) is 1.73. The number of alkyl carbamates (subject to hydrolysis) is 1. The number of nitrogens with zero attached hydrogens (tertiary/aromatic N) is 1. The van der Waals surface area contributed by atoms with Gasteiger partial charge >= 0.3 is 12.1 Å². The van der Waals surface area contributed by atoms with Gasteiger partial charge in [-0.05, 0) is 45.7 Å². The second kappa shape index (κ2) is 10.6. The Balaban J connectivity index is 3.02. The maximum absolute atomic E-state index is 12.8. The number of amides is 3. The lowest BCUT2D eigenvalue weighted by Crippen LogP contribution is -2.47. The van der Waals surface area contributed by atoms with Crippen molar-refractivity contribution < 1.29 is 28.7 Å². The highest BCUT2D eigenvalue weighted by atomic mass is 16.6. The van der Waals surface area contributed by atoms with Gasteiger partial charge in [-0.15, -0.1) is 0 Å². The Labute approximate surface area is 177 Å². The fourth-order valence-electron chi connectivity index (χ4n) is 2.72. The summed E-state index contributed by atoms with van der Waals surface area (Å²) in [7, 11) is 2.68. The lowest BCUT2D eigenvalue weighted by atomic mass is 9.97. The zero-order valence-corrected chi connectivity index (χ0v) is 18.6. The first-order valence-electron chi connectivity index (χ1n) is 9.50. The number of carbonyl (C=O) groups is 4. The first-order chi connectivity index (χ1) is 13.9. The van der Waals surface area contributed by atoms with Crippen molar-refractivity contribution in [3.05, 3.63) is 34.9 Å². The molecular weight excluding hydrogens is 390 g/mol. The second-order valence-electron chi connectivity index (χ2n) is 7.92. The third-order valence-corrected chi connectivity index (χ3v) is 4.17. The van der Waals surface area contributed by atoms with Crippen LogP contribution in [-0.2, 0) is 23.9 Å². The van der Waals surface area contributed by atoms with Crippen LogP contribution in [0.15, 0.2) is 18.2 Å². The van der Waals surface area contributed by atoms with Crippen molar-refractivity contribution in [3.8, 4) is 0 Å². The lowest BCUT2D eigenvalue weighted by molar-refractivity contribution is -0.143. The van der Waals surface area contributed by atoms with Crippen molar-refractivity contribution in [1.82, 2.24) is 15.5 Å². The second-order valence-corrected chi connectivity index (χ2v) is 7.92. The average molecular weight is 421 g/mol. The van der Waals surface area contributed by atoms with Gasteiger partial charge in [0.15, 0.2) is 0 Å². The van der Waals surface area contributed by atoms with Crippen LogP contribution in [0.2, 0.25) is 0 Å². The molecule has 1 aromatic carbocycles. The molecule has 0 bridgehead atoms. The van der Waals surface area contributed by atoms with Gasteiger partial charge < -0.3 is 25.0 Å². The predicted octanol–water partition coefficient (Wildman–Crippen LogP) is 1.62. The smallest absolute Gasteiger partial charge is 0.408 e. The highest BCUT2D eigenvalue weighted by Crippen LogP contribution is 2.24. The molecule has 0 saturated heterocycles. The molecular formula is C21H31N3O6. The van der Waals surface area contributed by atoms with E-state index in [-0.39, 0.29) is 13.1 Å². The van der Waals surface area contributed by atoms with Crippen molar-refractivity contribution in [2.24, 2.45) is 0 Å². The van der Waals surface area contributed by atoms with E-state index in [0.29, 0.717) is 5.56 Å². The normalized spacial score (nSPS) is 11.8. The van der Waals surface area contributed by atoms with Gasteiger partial charge in [0.25, 0.3) is 0 Å². The van der Waals surface area contributed by atoms with Crippen molar-refractivity contribution in [2.75, 3.05) is 27.2 Å². The fourth-order valence-corrected chi connectivity index (χ4v) is 2.72. The number of rotatable bonds is 7. The molecule has 2 N–H and O–H groups in total. The molecule has 0 aromatic heterocycles. The van der Waals surface area contributed by atoms with Gasteiger partial charge in [0, 0.05) is 7.05 Å². The van der Waals surface area contributed by atoms with Gasteiger partial charge in [0.1, 0.15) is 24.7 Å². The van der Waals surface area contributed by atoms with Gasteiger partial charge in [-0.1, -0.05) is 23.8 Å². The Kier molecular flexibility index (Phi) is 8.82. The molecule has 1 unspecified atom stereocenters. The average Bonchev–Trinajstić information content (AvgIpc) is 2.64. The molecule has 30 heavy (non-hydrogen) atoms. The Bertz CT molecular complexity index is 800. The van der Waals surface area contributed by atoms with Crippen molar-refractivity contribution in [2.45, 2.75) is 46.3 Å². The summed E-state index contributed by atoms with van der Waals surface area (Å²) < 4.78 is 9.66. The predicted molar refractivity (Wildman–Crippen MR) is 111 cm³/mol. The molecule has 166 valence electrons. The number of benzene rings is 1. The molecule has 1 rings (SSSR count). The molecule has 9 heteroatoms. The summed E-state index contributed by atoms with van der Waals surface area (Å²) in [6.07, 6.45) is -0.734. The number of ether oxygens (including phenoxy) is 2. The number of esters is 1. The van der Waals surface area contributed by atoms with E-state index in [1.54, 1.807) is 26.8 Å². The van der Waals surface area contributed by atoms with E-state index in [1.807, 2.05) is 26.0 Å². The largest absolute Gasteiger partial charge is 0.468 e. The summed E-state index contributed by atoms with van der Waals surface area (Å²) >= 11 is 0. The molecule has 0 fully saturated rings. The Hall–Kier alpha value is -3.10. The molecule has 0 radical (unpaired) electrons. The third-order valence-electron chi connectivity index (χ3n) is 4.17. The number of hydrogen-bond acceptors (Lipinski definition) is 6. The standard InChI is InChI=1S/C21H31N3O6/c1-13-8-9-15(14(2)10-13)18(19(27)22-12-17(26)29-7)24(6)16(25)11-23-20(28)30-21(3,4)5/h8-10,18H,11-12H2,1-7H3,(H,22,27)(H,23,28). The van der Waals surface area contributed by atoms with Crippen LogP contribution in [0.4, 0.5) is 4.79 Å². The van der Waals surface area contributed by atoms with Crippen LogP contribution in [0, 0.1) is 13.8 Å². The van der Waals surface area contributed by atoms with Gasteiger partial charge in [-0.25, -0.2) is 4.79 Å². The summed E-state index contributed by atoms with van der Waals surface area (Å²) in [5.74, 6) is -1.65. The summed E-state index contributed by atoms with van der Waals surface area (Å²) in [5, 5.41) is 4.88. The number of nitrogens with one attached hydrogen (secondary N) is 2. The summed E-state index contributed by atoms with van der Waals surface area (Å²) in [4.78, 5) is 50.0. The van der Waals surface area contributed by atoms with Crippen LogP contribution in [0.1, 0.15) is 43.5 Å². The number of likely N-dealkylation sites (N-methyl/N-ethyl adjacent to an activating group) is 1. The van der Waals surface area contributed by atoms with Crippen LogP contribution in [0.5, 0.6) is 0 Å². The summed E-state index contributed by atoms with van der Waals surface area (Å²) in [6, 6.07) is 4.49. The Morgan fingerprint density at radius 1 is 1.07 bits per heavy atom. The molecule has 0 aliphatic rings. The number of methoxy groups -OCH3 is 1. The van der Waals surface area contributed by atoms with Crippen molar-refractivity contribution in [1.29, 1.82) is 0 Å². The van der Waals surface area contributed by atoms with Crippen molar-refractivity contribution >= 4 is 23.9 Å². The van der Waals surface area contributed by atoms with Crippen LogP contribution >= 0.6 is 0 Å². The lowest BCUT2D eigenvalue weighted by Gasteiger charge is -2.29. The Morgan fingerprint density at radius 3 is 2.23 bits per heavy atom. The van der Waals surface area contributed by atoms with E-state index >= 15 is 0 Å². The molecule has 1 aromatic rings. The quantitative estimate of drug-likeness (QED) is 0.647. The zero-order chi connectivity index (χ0) is 23.1. The molecule has 0 heterocycles. The van der Waals surface area contributed by atoms with Crippen LogP contribution in [0.3, 0.4) is 0 Å². The molecule has 0 saturated carbocycles. The number of hydrogen-bond donors (Lipinski definition) is 2. The van der Waals surface area contributed by atoms with E-state index < -0.39 is 35.5 Å². The van der Waals surface area contributed by atoms with Crippen LogP contribution in [-0.4, -0.2) is 61.6 Å². The molecule has 0 aliphatic carbocycles.